The number of amides is 2. The molecule has 1 aromatic heterocycles. The van der Waals surface area contributed by atoms with Crippen LogP contribution in [0.1, 0.15) is 36.4 Å². The topological polar surface area (TPSA) is 94.9 Å². The second-order valence-corrected chi connectivity index (χ2v) is 6.66. The second-order valence-electron chi connectivity index (χ2n) is 5.77. The van der Waals surface area contributed by atoms with Crippen molar-refractivity contribution in [3.8, 4) is 6.07 Å². The summed E-state index contributed by atoms with van der Waals surface area (Å²) in [6, 6.07) is 8.59. The maximum Gasteiger partial charge on any atom is 0.266 e. The summed E-state index contributed by atoms with van der Waals surface area (Å²) in [5.41, 5.74) is 1.81. The van der Waals surface area contributed by atoms with Crippen LogP contribution in [-0.2, 0) is 9.59 Å². The van der Waals surface area contributed by atoms with E-state index in [1.165, 1.54) is 13.0 Å². The third-order valence-electron chi connectivity index (χ3n) is 3.59. The molecule has 0 atom stereocenters. The van der Waals surface area contributed by atoms with Crippen LogP contribution in [0.3, 0.4) is 0 Å². The molecule has 0 bridgehead atoms. The number of nitrogens with zero attached hydrogens (tertiary/aromatic N) is 2. The third-order valence-corrected chi connectivity index (χ3v) is 4.61. The van der Waals surface area contributed by atoms with Gasteiger partial charge in [-0.15, -0.1) is 11.3 Å². The fourth-order valence-corrected chi connectivity index (χ4v) is 3.17. The minimum Gasteiger partial charge on any atom is -0.326 e. The molecule has 0 aliphatic heterocycles. The molecule has 0 saturated heterocycles. The van der Waals surface area contributed by atoms with Crippen LogP contribution in [-0.4, -0.2) is 16.8 Å². The van der Waals surface area contributed by atoms with E-state index in [0.29, 0.717) is 23.0 Å². The van der Waals surface area contributed by atoms with E-state index in [9.17, 15) is 14.9 Å². The van der Waals surface area contributed by atoms with Gasteiger partial charge in [-0.1, -0.05) is 0 Å². The first kappa shape index (κ1) is 16.9. The Morgan fingerprint density at radius 3 is 2.44 bits per heavy atom. The van der Waals surface area contributed by atoms with Gasteiger partial charge in [0.05, 0.1) is 10.7 Å². The molecule has 1 fully saturated rings. The van der Waals surface area contributed by atoms with Crippen LogP contribution in [0, 0.1) is 11.3 Å². The first-order valence-electron chi connectivity index (χ1n) is 7.81. The fraction of sp³-hybridized carbons (Fsp3) is 0.222. The quantitative estimate of drug-likeness (QED) is 0.636. The number of rotatable bonds is 5. The van der Waals surface area contributed by atoms with Crippen molar-refractivity contribution in [2.75, 3.05) is 10.6 Å². The minimum atomic E-state index is -0.490. The van der Waals surface area contributed by atoms with Crippen LogP contribution in [0.2, 0.25) is 0 Å². The number of aromatic nitrogens is 1. The van der Waals surface area contributed by atoms with Gasteiger partial charge in [-0.05, 0) is 43.2 Å². The van der Waals surface area contributed by atoms with Gasteiger partial charge >= 0.3 is 0 Å². The Kier molecular flexibility index (Phi) is 4.91. The van der Waals surface area contributed by atoms with E-state index >= 15 is 0 Å². The number of hydrogen-bond donors (Lipinski definition) is 2. The molecule has 1 heterocycles. The smallest absolute Gasteiger partial charge is 0.266 e. The van der Waals surface area contributed by atoms with Crippen LogP contribution in [0.5, 0.6) is 0 Å². The Hall–Kier alpha value is -2.98. The first-order chi connectivity index (χ1) is 12.0. The van der Waals surface area contributed by atoms with E-state index in [0.717, 1.165) is 17.8 Å². The number of carbonyl (C=O) groups is 2. The Labute approximate surface area is 149 Å². The van der Waals surface area contributed by atoms with Gasteiger partial charge < -0.3 is 10.6 Å². The molecular formula is C18H16N4O2S. The number of thiazole rings is 1. The number of hydrogen-bond acceptors (Lipinski definition) is 5. The van der Waals surface area contributed by atoms with Gasteiger partial charge in [-0.2, -0.15) is 5.26 Å². The second kappa shape index (κ2) is 7.28. The van der Waals surface area contributed by atoms with Crippen molar-refractivity contribution >= 4 is 40.6 Å². The molecule has 0 unspecified atom stereocenters. The SMILES string of the molecule is CC(=O)Nc1ccc(NC(=O)/C(C#N)=C\c2csc(C3CC3)n2)cc1. The number of carbonyl (C=O) groups excluding carboxylic acids is 2. The van der Waals surface area contributed by atoms with Gasteiger partial charge in [-0.3, -0.25) is 9.59 Å². The highest BCUT2D eigenvalue weighted by atomic mass is 32.1. The minimum absolute atomic E-state index is 0.00131. The lowest BCUT2D eigenvalue weighted by Crippen LogP contribution is -2.13. The lowest BCUT2D eigenvalue weighted by atomic mass is 10.2. The summed E-state index contributed by atoms with van der Waals surface area (Å²) >= 11 is 1.56. The van der Waals surface area contributed by atoms with Crippen molar-refractivity contribution in [3.63, 3.8) is 0 Å². The van der Waals surface area contributed by atoms with E-state index in [-0.39, 0.29) is 11.5 Å². The number of nitrogens with one attached hydrogen (secondary N) is 2. The third kappa shape index (κ3) is 4.52. The molecule has 0 spiro atoms. The van der Waals surface area contributed by atoms with E-state index < -0.39 is 5.91 Å². The molecule has 0 radical (unpaired) electrons. The summed E-state index contributed by atoms with van der Waals surface area (Å²) in [5.74, 6) is -0.107. The molecule has 1 aliphatic carbocycles. The van der Waals surface area contributed by atoms with Gasteiger partial charge in [0.25, 0.3) is 5.91 Å². The molecule has 3 rings (SSSR count). The van der Waals surface area contributed by atoms with Crippen LogP contribution in [0.15, 0.2) is 35.2 Å². The van der Waals surface area contributed by atoms with E-state index in [1.807, 2.05) is 11.4 Å². The summed E-state index contributed by atoms with van der Waals surface area (Å²) < 4.78 is 0. The van der Waals surface area contributed by atoms with Crippen molar-refractivity contribution in [2.45, 2.75) is 25.7 Å². The molecule has 2 aromatic rings. The highest BCUT2D eigenvalue weighted by Crippen LogP contribution is 2.41. The maximum atomic E-state index is 12.3. The van der Waals surface area contributed by atoms with Gasteiger partial charge in [0.15, 0.2) is 0 Å². The van der Waals surface area contributed by atoms with E-state index in [1.54, 1.807) is 35.6 Å². The summed E-state index contributed by atoms with van der Waals surface area (Å²) in [7, 11) is 0. The zero-order valence-corrected chi connectivity index (χ0v) is 14.4. The Bertz CT molecular complexity index is 873. The van der Waals surface area contributed by atoms with E-state index in [4.69, 9.17) is 0 Å². The molecule has 6 nitrogen and oxygen atoms in total. The van der Waals surface area contributed by atoms with Gasteiger partial charge in [0, 0.05) is 29.6 Å². The average molecular weight is 352 g/mol. The summed E-state index contributed by atoms with van der Waals surface area (Å²) in [6.07, 6.45) is 3.83. The number of benzene rings is 1. The highest BCUT2D eigenvalue weighted by Gasteiger charge is 2.26. The van der Waals surface area contributed by atoms with Crippen LogP contribution >= 0.6 is 11.3 Å². The van der Waals surface area contributed by atoms with Crippen LogP contribution in [0.4, 0.5) is 11.4 Å². The molecule has 1 saturated carbocycles. The number of anilines is 2. The van der Waals surface area contributed by atoms with Gasteiger partial charge in [0.2, 0.25) is 5.91 Å². The summed E-state index contributed by atoms with van der Waals surface area (Å²) in [5, 5.41) is 17.5. The molecule has 1 aromatic carbocycles. The lowest BCUT2D eigenvalue weighted by molar-refractivity contribution is -0.114. The largest absolute Gasteiger partial charge is 0.326 e. The van der Waals surface area contributed by atoms with Crippen LogP contribution in [0.25, 0.3) is 6.08 Å². The van der Waals surface area contributed by atoms with Gasteiger partial charge in [-0.25, -0.2) is 4.98 Å². The Morgan fingerprint density at radius 2 is 1.88 bits per heavy atom. The molecule has 1 aliphatic rings. The molecular weight excluding hydrogens is 336 g/mol. The molecule has 126 valence electrons. The lowest BCUT2D eigenvalue weighted by Gasteiger charge is -2.06. The standard InChI is InChI=1S/C18H16N4O2S/c1-11(23)20-14-4-6-15(7-5-14)21-17(24)13(9-19)8-16-10-25-18(22-16)12-2-3-12/h4-8,10,12H,2-3H2,1H3,(H,20,23)(H,21,24)/b13-8-. The summed E-state index contributed by atoms with van der Waals surface area (Å²) in [4.78, 5) is 27.7. The zero-order chi connectivity index (χ0) is 17.8. The van der Waals surface area contributed by atoms with Crippen LogP contribution < -0.4 is 10.6 Å². The zero-order valence-electron chi connectivity index (χ0n) is 13.6. The van der Waals surface area contributed by atoms with Crippen molar-refractivity contribution in [2.24, 2.45) is 0 Å². The Balaban J connectivity index is 1.68. The molecule has 2 amide bonds. The van der Waals surface area contributed by atoms with Crippen molar-refractivity contribution in [1.82, 2.24) is 4.98 Å². The predicted octanol–water partition coefficient (Wildman–Crippen LogP) is 3.52. The molecule has 2 N–H and O–H groups in total. The highest BCUT2D eigenvalue weighted by molar-refractivity contribution is 7.09. The fourth-order valence-electron chi connectivity index (χ4n) is 2.22. The summed E-state index contributed by atoms with van der Waals surface area (Å²) in [6.45, 7) is 1.42. The van der Waals surface area contributed by atoms with Crippen molar-refractivity contribution in [1.29, 1.82) is 5.26 Å². The number of nitriles is 1. The van der Waals surface area contributed by atoms with Crippen molar-refractivity contribution in [3.05, 3.63) is 45.9 Å². The predicted molar refractivity (Wildman–Crippen MR) is 97.1 cm³/mol. The van der Waals surface area contributed by atoms with Crippen molar-refractivity contribution < 1.29 is 9.59 Å². The van der Waals surface area contributed by atoms with E-state index in [2.05, 4.69) is 15.6 Å². The normalized spacial score (nSPS) is 13.8. The Morgan fingerprint density at radius 1 is 1.24 bits per heavy atom. The molecule has 7 heteroatoms. The van der Waals surface area contributed by atoms with Gasteiger partial charge in [0.1, 0.15) is 11.6 Å². The monoisotopic (exact) mass is 352 g/mol. The average Bonchev–Trinajstić information content (AvgIpc) is 3.33. The maximum absolute atomic E-state index is 12.3. The molecule has 25 heavy (non-hydrogen) atoms. The first-order valence-corrected chi connectivity index (χ1v) is 8.69.